The third kappa shape index (κ3) is 4.04. The van der Waals surface area contributed by atoms with E-state index >= 15 is 0 Å². The minimum atomic E-state index is -3.50. The number of carbonyl (C=O) groups excluding carboxylic acids is 1. The molecule has 0 aromatic heterocycles. The highest BCUT2D eigenvalue weighted by Gasteiger charge is 2.16. The third-order valence-corrected chi connectivity index (χ3v) is 3.40. The fourth-order valence-electron chi connectivity index (χ4n) is 1.10. The van der Waals surface area contributed by atoms with E-state index in [1.165, 1.54) is 7.05 Å². The lowest BCUT2D eigenvalue weighted by molar-refractivity contribution is -0.116. The van der Waals surface area contributed by atoms with Gasteiger partial charge in [-0.05, 0) is 12.1 Å². The normalized spacial score (nSPS) is 11.6. The SMILES string of the molecule is CN(CC(=O)Nc1cc(F)ccc1F)S(C)(=O)=O. The summed E-state index contributed by atoms with van der Waals surface area (Å²) in [6, 6.07) is 2.59. The van der Waals surface area contributed by atoms with Crippen LogP contribution in [0.15, 0.2) is 18.2 Å². The minimum Gasteiger partial charge on any atom is -0.322 e. The van der Waals surface area contributed by atoms with E-state index in [0.29, 0.717) is 0 Å². The largest absolute Gasteiger partial charge is 0.322 e. The standard InChI is InChI=1S/C10H12F2N2O3S/c1-14(18(2,16)17)6-10(15)13-9-5-7(11)3-4-8(9)12/h3-5H,6H2,1-2H3,(H,13,15). The fourth-order valence-corrected chi connectivity index (χ4v) is 1.45. The molecule has 1 aromatic rings. The summed E-state index contributed by atoms with van der Waals surface area (Å²) < 4.78 is 48.9. The monoisotopic (exact) mass is 278 g/mol. The molecule has 0 aliphatic carbocycles. The summed E-state index contributed by atoms with van der Waals surface area (Å²) in [4.78, 5) is 11.4. The topological polar surface area (TPSA) is 66.5 Å². The maximum Gasteiger partial charge on any atom is 0.239 e. The lowest BCUT2D eigenvalue weighted by Crippen LogP contribution is -2.34. The molecule has 100 valence electrons. The van der Waals surface area contributed by atoms with Gasteiger partial charge in [0, 0.05) is 13.1 Å². The van der Waals surface area contributed by atoms with Gasteiger partial charge < -0.3 is 5.32 Å². The van der Waals surface area contributed by atoms with Crippen molar-refractivity contribution in [1.29, 1.82) is 0 Å². The van der Waals surface area contributed by atoms with E-state index in [1.54, 1.807) is 0 Å². The maximum absolute atomic E-state index is 13.2. The zero-order valence-corrected chi connectivity index (χ0v) is 10.6. The van der Waals surface area contributed by atoms with Gasteiger partial charge in [-0.3, -0.25) is 4.79 Å². The van der Waals surface area contributed by atoms with E-state index in [9.17, 15) is 22.0 Å². The molecule has 1 rings (SSSR count). The van der Waals surface area contributed by atoms with Crippen molar-refractivity contribution >= 4 is 21.6 Å². The van der Waals surface area contributed by atoms with Gasteiger partial charge in [-0.15, -0.1) is 0 Å². The van der Waals surface area contributed by atoms with Gasteiger partial charge >= 0.3 is 0 Å². The first-order valence-electron chi connectivity index (χ1n) is 4.86. The number of sulfonamides is 1. The van der Waals surface area contributed by atoms with Crippen molar-refractivity contribution in [2.75, 3.05) is 25.2 Å². The Morgan fingerprint density at radius 3 is 2.56 bits per heavy atom. The highest BCUT2D eigenvalue weighted by Crippen LogP contribution is 2.15. The fraction of sp³-hybridized carbons (Fsp3) is 0.300. The van der Waals surface area contributed by atoms with Gasteiger partial charge in [-0.1, -0.05) is 0 Å². The van der Waals surface area contributed by atoms with E-state index in [2.05, 4.69) is 5.32 Å². The van der Waals surface area contributed by atoms with E-state index in [0.717, 1.165) is 28.8 Å². The molecule has 0 saturated carbocycles. The summed E-state index contributed by atoms with van der Waals surface area (Å²) in [7, 11) is -2.30. The molecule has 0 saturated heterocycles. The number of nitrogens with one attached hydrogen (secondary N) is 1. The molecule has 0 fully saturated rings. The molecule has 1 N–H and O–H groups in total. The van der Waals surface area contributed by atoms with Crippen molar-refractivity contribution in [1.82, 2.24) is 4.31 Å². The predicted molar refractivity (Wildman–Crippen MR) is 62.5 cm³/mol. The van der Waals surface area contributed by atoms with Gasteiger partial charge in [0.25, 0.3) is 0 Å². The smallest absolute Gasteiger partial charge is 0.239 e. The molecular weight excluding hydrogens is 266 g/mol. The Morgan fingerprint density at radius 2 is 2.00 bits per heavy atom. The Morgan fingerprint density at radius 1 is 1.39 bits per heavy atom. The number of likely N-dealkylation sites (N-methyl/N-ethyl adjacent to an activating group) is 1. The van der Waals surface area contributed by atoms with E-state index in [1.807, 2.05) is 0 Å². The average Bonchev–Trinajstić information content (AvgIpc) is 2.22. The maximum atomic E-state index is 13.2. The summed E-state index contributed by atoms with van der Waals surface area (Å²) in [6.45, 7) is -0.477. The molecule has 8 heteroatoms. The van der Waals surface area contributed by atoms with Crippen molar-refractivity contribution in [3.05, 3.63) is 29.8 Å². The van der Waals surface area contributed by atoms with Crippen LogP contribution in [0, 0.1) is 11.6 Å². The second-order valence-electron chi connectivity index (χ2n) is 3.69. The van der Waals surface area contributed by atoms with E-state index in [-0.39, 0.29) is 5.69 Å². The van der Waals surface area contributed by atoms with Crippen LogP contribution in [-0.4, -0.2) is 38.5 Å². The van der Waals surface area contributed by atoms with E-state index in [4.69, 9.17) is 0 Å². The number of amides is 1. The molecule has 18 heavy (non-hydrogen) atoms. The molecule has 0 bridgehead atoms. The highest BCUT2D eigenvalue weighted by molar-refractivity contribution is 7.88. The molecule has 1 aromatic carbocycles. The molecular formula is C10H12F2N2O3S. The van der Waals surface area contributed by atoms with Crippen LogP contribution < -0.4 is 5.32 Å². The lowest BCUT2D eigenvalue weighted by Gasteiger charge is -2.13. The molecule has 0 heterocycles. The molecule has 1 amide bonds. The Labute approximate surface area is 103 Å². The van der Waals surface area contributed by atoms with Gasteiger partial charge in [0.1, 0.15) is 11.6 Å². The first kappa shape index (κ1) is 14.5. The van der Waals surface area contributed by atoms with Gasteiger partial charge in [0.2, 0.25) is 15.9 Å². The first-order valence-corrected chi connectivity index (χ1v) is 6.71. The summed E-state index contributed by atoms with van der Waals surface area (Å²) in [6.07, 6.45) is 0.934. The average molecular weight is 278 g/mol. The number of carbonyl (C=O) groups is 1. The molecule has 0 aliphatic heterocycles. The van der Waals surface area contributed by atoms with Crippen LogP contribution in [0.1, 0.15) is 0 Å². The number of halogens is 2. The number of anilines is 1. The number of benzene rings is 1. The van der Waals surface area contributed by atoms with Crippen LogP contribution in [0.5, 0.6) is 0 Å². The van der Waals surface area contributed by atoms with Crippen LogP contribution in [0.2, 0.25) is 0 Å². The summed E-state index contributed by atoms with van der Waals surface area (Å²) >= 11 is 0. The highest BCUT2D eigenvalue weighted by atomic mass is 32.2. The Hall–Kier alpha value is -1.54. The molecule has 0 spiro atoms. The van der Waals surface area contributed by atoms with Crippen molar-refractivity contribution < 1.29 is 22.0 Å². The molecule has 0 radical (unpaired) electrons. The summed E-state index contributed by atoms with van der Waals surface area (Å²) in [5.74, 6) is -2.26. The molecule has 0 aliphatic rings. The molecule has 0 unspecified atom stereocenters. The predicted octanol–water partition coefficient (Wildman–Crippen LogP) is 0.795. The third-order valence-electron chi connectivity index (χ3n) is 2.13. The molecule has 0 atom stereocenters. The zero-order chi connectivity index (χ0) is 13.9. The van der Waals surface area contributed by atoms with Crippen molar-refractivity contribution in [3.8, 4) is 0 Å². The summed E-state index contributed by atoms with van der Waals surface area (Å²) in [5, 5.41) is 2.09. The second kappa shape index (κ2) is 5.40. The number of nitrogens with zero attached hydrogens (tertiary/aromatic N) is 1. The van der Waals surface area contributed by atoms with Crippen LogP contribution in [0.4, 0.5) is 14.5 Å². The number of hydrogen-bond acceptors (Lipinski definition) is 3. The van der Waals surface area contributed by atoms with Gasteiger partial charge in [-0.25, -0.2) is 17.2 Å². The van der Waals surface area contributed by atoms with Gasteiger partial charge in [0.15, 0.2) is 0 Å². The number of hydrogen-bond donors (Lipinski definition) is 1. The van der Waals surface area contributed by atoms with E-state index < -0.39 is 34.1 Å². The zero-order valence-electron chi connectivity index (χ0n) is 9.78. The minimum absolute atomic E-state index is 0.332. The van der Waals surface area contributed by atoms with Crippen LogP contribution in [0.25, 0.3) is 0 Å². The Kier molecular flexibility index (Phi) is 4.36. The van der Waals surface area contributed by atoms with Crippen molar-refractivity contribution in [3.63, 3.8) is 0 Å². The van der Waals surface area contributed by atoms with Gasteiger partial charge in [0.05, 0.1) is 18.5 Å². The first-order chi connectivity index (χ1) is 8.20. The molecule has 5 nitrogen and oxygen atoms in total. The van der Waals surface area contributed by atoms with Crippen LogP contribution in [0.3, 0.4) is 0 Å². The van der Waals surface area contributed by atoms with Crippen LogP contribution in [-0.2, 0) is 14.8 Å². The Bertz CT molecular complexity index is 560. The van der Waals surface area contributed by atoms with Crippen molar-refractivity contribution in [2.45, 2.75) is 0 Å². The van der Waals surface area contributed by atoms with Crippen molar-refractivity contribution in [2.24, 2.45) is 0 Å². The van der Waals surface area contributed by atoms with Crippen LogP contribution >= 0.6 is 0 Å². The second-order valence-corrected chi connectivity index (χ2v) is 5.78. The quantitative estimate of drug-likeness (QED) is 0.885. The lowest BCUT2D eigenvalue weighted by atomic mass is 10.3. The summed E-state index contributed by atoms with van der Waals surface area (Å²) in [5.41, 5.74) is -0.332. The van der Waals surface area contributed by atoms with Gasteiger partial charge in [-0.2, -0.15) is 4.31 Å². The number of rotatable bonds is 4. The Balaban J connectivity index is 2.74.